The molecule has 0 saturated carbocycles. The van der Waals surface area contributed by atoms with E-state index in [0.29, 0.717) is 23.2 Å². The monoisotopic (exact) mass is 296 g/mol. The molecular weight excluding hydrogens is 276 g/mol. The van der Waals surface area contributed by atoms with Crippen LogP contribution < -0.4 is 10.1 Å². The van der Waals surface area contributed by atoms with E-state index in [0.717, 1.165) is 31.8 Å². The van der Waals surface area contributed by atoms with Gasteiger partial charge in [-0.3, -0.25) is 4.79 Å². The number of carbonyl (C=O) groups excluding carboxylic acids is 1. The smallest absolute Gasteiger partial charge is 0.256 e. The Morgan fingerprint density at radius 1 is 1.55 bits per heavy atom. The first kappa shape index (κ1) is 15.1. The third-order valence-corrected chi connectivity index (χ3v) is 4.50. The molecule has 0 radical (unpaired) electrons. The van der Waals surface area contributed by atoms with Crippen molar-refractivity contribution < 1.29 is 14.3 Å². The van der Waals surface area contributed by atoms with Gasteiger partial charge in [0.1, 0.15) is 5.56 Å². The molecule has 1 aromatic rings. The molecule has 1 aliphatic rings. The maximum absolute atomic E-state index is 12.0. The van der Waals surface area contributed by atoms with Crippen LogP contribution in [-0.2, 0) is 4.74 Å². The van der Waals surface area contributed by atoms with Gasteiger partial charge in [0.05, 0.1) is 7.11 Å². The van der Waals surface area contributed by atoms with Crippen LogP contribution in [0.5, 0.6) is 5.88 Å². The van der Waals surface area contributed by atoms with Crippen LogP contribution in [0.1, 0.15) is 23.2 Å². The molecule has 0 aliphatic carbocycles. The van der Waals surface area contributed by atoms with Crippen LogP contribution in [0.25, 0.3) is 0 Å². The number of nitrogens with zero attached hydrogens (tertiary/aromatic N) is 1. The second-order valence-electron chi connectivity index (χ2n) is 4.50. The molecule has 6 heteroatoms. The zero-order valence-electron chi connectivity index (χ0n) is 11.6. The average molecular weight is 296 g/mol. The first-order chi connectivity index (χ1) is 9.81. The summed E-state index contributed by atoms with van der Waals surface area (Å²) in [6.45, 7) is 2.37. The third kappa shape index (κ3) is 4.38. The molecule has 1 N–H and O–H groups in total. The maximum atomic E-state index is 12.0. The molecule has 0 unspecified atom stereocenters. The zero-order valence-corrected chi connectivity index (χ0v) is 12.4. The Morgan fingerprint density at radius 2 is 2.35 bits per heavy atom. The van der Waals surface area contributed by atoms with E-state index in [9.17, 15) is 4.79 Å². The van der Waals surface area contributed by atoms with E-state index >= 15 is 0 Å². The van der Waals surface area contributed by atoms with Crippen molar-refractivity contribution in [2.45, 2.75) is 18.1 Å². The number of pyridine rings is 1. The second-order valence-corrected chi connectivity index (χ2v) is 5.91. The summed E-state index contributed by atoms with van der Waals surface area (Å²) in [5.74, 6) is 1.14. The first-order valence-electron chi connectivity index (χ1n) is 6.78. The summed E-state index contributed by atoms with van der Waals surface area (Å²) in [6, 6.07) is 3.45. The maximum Gasteiger partial charge on any atom is 0.256 e. The molecule has 2 rings (SSSR count). The Kier molecular flexibility index (Phi) is 6.14. The van der Waals surface area contributed by atoms with Gasteiger partial charge in [0.15, 0.2) is 0 Å². The normalized spacial score (nSPS) is 15.8. The van der Waals surface area contributed by atoms with Crippen molar-refractivity contribution >= 4 is 17.7 Å². The van der Waals surface area contributed by atoms with Gasteiger partial charge in [0.25, 0.3) is 5.91 Å². The number of hydrogen-bond donors (Lipinski definition) is 1. The minimum atomic E-state index is -0.137. The molecule has 110 valence electrons. The van der Waals surface area contributed by atoms with E-state index in [-0.39, 0.29) is 5.91 Å². The summed E-state index contributed by atoms with van der Waals surface area (Å²) in [5.41, 5.74) is 0.478. The standard InChI is InChI=1S/C14H20N2O3S/c1-18-14-12(3-2-6-16-14)13(17)15-7-10-20-11-4-8-19-9-5-11/h2-3,6,11H,4-5,7-10H2,1H3,(H,15,17). The number of methoxy groups -OCH3 is 1. The van der Waals surface area contributed by atoms with Gasteiger partial charge in [0, 0.05) is 37.0 Å². The molecule has 1 fully saturated rings. The van der Waals surface area contributed by atoms with Crippen molar-refractivity contribution in [1.82, 2.24) is 10.3 Å². The van der Waals surface area contributed by atoms with Gasteiger partial charge in [0.2, 0.25) is 5.88 Å². The van der Waals surface area contributed by atoms with Crippen LogP contribution in [0.2, 0.25) is 0 Å². The molecule has 0 aromatic carbocycles. The van der Waals surface area contributed by atoms with Crippen LogP contribution in [0.3, 0.4) is 0 Å². The van der Waals surface area contributed by atoms with Crippen molar-refractivity contribution in [3.05, 3.63) is 23.9 Å². The first-order valence-corrected chi connectivity index (χ1v) is 7.82. The van der Waals surface area contributed by atoms with E-state index in [1.807, 2.05) is 11.8 Å². The van der Waals surface area contributed by atoms with Gasteiger partial charge in [-0.1, -0.05) is 0 Å². The molecule has 20 heavy (non-hydrogen) atoms. The van der Waals surface area contributed by atoms with Gasteiger partial charge < -0.3 is 14.8 Å². The second kappa shape index (κ2) is 8.11. The Morgan fingerprint density at radius 3 is 3.10 bits per heavy atom. The summed E-state index contributed by atoms with van der Waals surface area (Å²) < 4.78 is 10.4. The van der Waals surface area contributed by atoms with E-state index in [1.54, 1.807) is 18.3 Å². The summed E-state index contributed by atoms with van der Waals surface area (Å²) >= 11 is 1.90. The lowest BCUT2D eigenvalue weighted by atomic mass is 10.2. The quantitative estimate of drug-likeness (QED) is 0.810. The molecule has 2 heterocycles. The topological polar surface area (TPSA) is 60.5 Å². The SMILES string of the molecule is COc1ncccc1C(=O)NCCSC1CCOCC1. The Labute approximate surface area is 123 Å². The number of thioether (sulfide) groups is 1. The average Bonchev–Trinajstić information content (AvgIpc) is 2.52. The Bertz CT molecular complexity index is 436. The van der Waals surface area contributed by atoms with Crippen molar-refractivity contribution in [2.24, 2.45) is 0 Å². The number of nitrogens with one attached hydrogen (secondary N) is 1. The highest BCUT2D eigenvalue weighted by atomic mass is 32.2. The van der Waals surface area contributed by atoms with Crippen LogP contribution in [0.15, 0.2) is 18.3 Å². The molecule has 1 amide bonds. The molecule has 1 saturated heterocycles. The van der Waals surface area contributed by atoms with Gasteiger partial charge >= 0.3 is 0 Å². The predicted octanol–water partition coefficient (Wildman–Crippen LogP) is 1.73. The number of rotatable bonds is 6. The largest absolute Gasteiger partial charge is 0.480 e. The number of hydrogen-bond acceptors (Lipinski definition) is 5. The minimum Gasteiger partial charge on any atom is -0.480 e. The van der Waals surface area contributed by atoms with Gasteiger partial charge in [-0.05, 0) is 25.0 Å². The van der Waals surface area contributed by atoms with Crippen molar-refractivity contribution in [2.75, 3.05) is 32.6 Å². The number of carbonyl (C=O) groups is 1. The molecule has 0 spiro atoms. The lowest BCUT2D eigenvalue weighted by Gasteiger charge is -2.21. The summed E-state index contributed by atoms with van der Waals surface area (Å²) in [5, 5.41) is 3.56. The predicted molar refractivity (Wildman–Crippen MR) is 79.4 cm³/mol. The van der Waals surface area contributed by atoms with Crippen molar-refractivity contribution in [1.29, 1.82) is 0 Å². The highest BCUT2D eigenvalue weighted by Crippen LogP contribution is 2.21. The number of aromatic nitrogens is 1. The molecular formula is C14H20N2O3S. The van der Waals surface area contributed by atoms with Gasteiger partial charge in [-0.15, -0.1) is 0 Å². The fourth-order valence-electron chi connectivity index (χ4n) is 2.05. The summed E-state index contributed by atoms with van der Waals surface area (Å²) in [4.78, 5) is 16.0. The Hall–Kier alpha value is -1.27. The highest BCUT2D eigenvalue weighted by molar-refractivity contribution is 7.99. The van der Waals surface area contributed by atoms with Crippen LogP contribution >= 0.6 is 11.8 Å². The third-order valence-electron chi connectivity index (χ3n) is 3.12. The lowest BCUT2D eigenvalue weighted by molar-refractivity contribution is 0.0951. The van der Waals surface area contributed by atoms with Crippen LogP contribution in [-0.4, -0.2) is 48.8 Å². The Balaban J connectivity index is 1.72. The molecule has 0 bridgehead atoms. The van der Waals surface area contributed by atoms with Crippen molar-refractivity contribution in [3.8, 4) is 5.88 Å². The molecule has 1 aromatic heterocycles. The fraction of sp³-hybridized carbons (Fsp3) is 0.571. The minimum absolute atomic E-state index is 0.137. The van der Waals surface area contributed by atoms with Crippen LogP contribution in [0.4, 0.5) is 0 Å². The van der Waals surface area contributed by atoms with Gasteiger partial charge in [-0.2, -0.15) is 11.8 Å². The molecule has 1 aliphatic heterocycles. The zero-order chi connectivity index (χ0) is 14.2. The van der Waals surface area contributed by atoms with Gasteiger partial charge in [-0.25, -0.2) is 4.98 Å². The van der Waals surface area contributed by atoms with Crippen molar-refractivity contribution in [3.63, 3.8) is 0 Å². The highest BCUT2D eigenvalue weighted by Gasteiger charge is 2.15. The van der Waals surface area contributed by atoms with E-state index in [2.05, 4.69) is 10.3 Å². The molecule has 5 nitrogen and oxygen atoms in total. The summed E-state index contributed by atoms with van der Waals surface area (Å²) in [7, 11) is 1.51. The lowest BCUT2D eigenvalue weighted by Crippen LogP contribution is -2.27. The fourth-order valence-corrected chi connectivity index (χ4v) is 3.13. The van der Waals surface area contributed by atoms with E-state index in [4.69, 9.17) is 9.47 Å². The van der Waals surface area contributed by atoms with E-state index < -0.39 is 0 Å². The number of amides is 1. The summed E-state index contributed by atoms with van der Waals surface area (Å²) in [6.07, 6.45) is 3.82. The van der Waals surface area contributed by atoms with E-state index in [1.165, 1.54) is 7.11 Å². The van der Waals surface area contributed by atoms with Crippen LogP contribution in [0, 0.1) is 0 Å². The molecule has 0 atom stereocenters. The number of ether oxygens (including phenoxy) is 2.